The lowest BCUT2D eigenvalue weighted by Gasteiger charge is -2.13. The molecule has 0 aliphatic rings. The van der Waals surface area contributed by atoms with Gasteiger partial charge in [0.25, 0.3) is 5.91 Å². The molecule has 0 atom stereocenters. The van der Waals surface area contributed by atoms with Gasteiger partial charge in [0.15, 0.2) is 17.2 Å². The molecule has 0 aliphatic carbocycles. The van der Waals surface area contributed by atoms with Crippen molar-refractivity contribution in [2.24, 2.45) is 5.10 Å². The number of nitrogens with zero attached hydrogens (tertiary/aromatic N) is 6. The van der Waals surface area contributed by atoms with Gasteiger partial charge in [-0.25, -0.2) is 14.4 Å². The van der Waals surface area contributed by atoms with Gasteiger partial charge in [0.2, 0.25) is 11.6 Å². The van der Waals surface area contributed by atoms with Crippen molar-refractivity contribution in [3.63, 3.8) is 0 Å². The van der Waals surface area contributed by atoms with E-state index < -0.39 is 11.7 Å². The SMILES string of the molecule is CCOc1cc(/C=N/NC(=O)c2nnn(-c3nonc3N)c2COc2ccc(F)cc2)ccc1OCc1cccc2ccccc12. The number of nitrogens with two attached hydrogens (primary N) is 1. The third kappa shape index (κ3) is 6.60. The first-order valence-corrected chi connectivity index (χ1v) is 14.1. The summed E-state index contributed by atoms with van der Waals surface area (Å²) in [5, 5.41) is 21.5. The smallest absolute Gasteiger partial charge is 0.293 e. The Labute approximate surface area is 261 Å². The van der Waals surface area contributed by atoms with Crippen LogP contribution < -0.4 is 25.4 Å². The van der Waals surface area contributed by atoms with Gasteiger partial charge in [0, 0.05) is 0 Å². The zero-order valence-electron chi connectivity index (χ0n) is 24.5. The molecule has 0 aliphatic heterocycles. The van der Waals surface area contributed by atoms with Gasteiger partial charge in [0.1, 0.15) is 30.5 Å². The number of carbonyl (C=O) groups excluding carboxylic acids is 1. The van der Waals surface area contributed by atoms with E-state index in [2.05, 4.69) is 54.0 Å². The number of ether oxygens (including phenoxy) is 3. The molecular formula is C32H27FN8O5. The van der Waals surface area contributed by atoms with E-state index in [1.807, 2.05) is 31.2 Å². The number of hydrogen-bond acceptors (Lipinski definition) is 11. The van der Waals surface area contributed by atoms with Gasteiger partial charge in [-0.3, -0.25) is 4.79 Å². The van der Waals surface area contributed by atoms with Gasteiger partial charge in [-0.15, -0.1) is 5.10 Å². The molecule has 3 N–H and O–H groups in total. The maximum Gasteiger partial charge on any atom is 0.293 e. The van der Waals surface area contributed by atoms with Crippen LogP contribution in [0.1, 0.15) is 34.2 Å². The van der Waals surface area contributed by atoms with Crippen LogP contribution in [0, 0.1) is 5.82 Å². The van der Waals surface area contributed by atoms with Crippen molar-refractivity contribution in [1.29, 1.82) is 0 Å². The molecule has 1 amide bonds. The number of halogens is 1. The number of anilines is 1. The van der Waals surface area contributed by atoms with Crippen molar-refractivity contribution in [3.8, 4) is 23.1 Å². The number of fused-ring (bicyclic) bond motifs is 1. The zero-order chi connectivity index (χ0) is 31.9. The summed E-state index contributed by atoms with van der Waals surface area (Å²) in [5.41, 5.74) is 10.0. The second-order valence-corrected chi connectivity index (χ2v) is 9.78. The van der Waals surface area contributed by atoms with E-state index >= 15 is 0 Å². The van der Waals surface area contributed by atoms with Crippen molar-refractivity contribution in [1.82, 2.24) is 30.7 Å². The highest BCUT2D eigenvalue weighted by Gasteiger charge is 2.24. The molecule has 4 aromatic carbocycles. The van der Waals surface area contributed by atoms with Crippen LogP contribution in [0.5, 0.6) is 17.2 Å². The normalized spacial score (nSPS) is 11.2. The fourth-order valence-corrected chi connectivity index (χ4v) is 4.58. The minimum atomic E-state index is -0.685. The van der Waals surface area contributed by atoms with Gasteiger partial charge in [-0.05, 0) is 81.6 Å². The number of amides is 1. The van der Waals surface area contributed by atoms with Crippen LogP contribution in [0.15, 0.2) is 94.7 Å². The number of aromatic nitrogens is 5. The summed E-state index contributed by atoms with van der Waals surface area (Å²) in [7, 11) is 0. The molecule has 0 radical (unpaired) electrons. The Balaban J connectivity index is 1.16. The van der Waals surface area contributed by atoms with Gasteiger partial charge >= 0.3 is 0 Å². The Morgan fingerprint density at radius 2 is 1.80 bits per heavy atom. The molecule has 0 spiro atoms. The third-order valence-corrected chi connectivity index (χ3v) is 6.77. The molecule has 6 rings (SSSR count). The average Bonchev–Trinajstić information content (AvgIpc) is 3.69. The first kappa shape index (κ1) is 29.7. The summed E-state index contributed by atoms with van der Waals surface area (Å²) in [4.78, 5) is 13.1. The van der Waals surface area contributed by atoms with E-state index in [0.717, 1.165) is 16.3 Å². The average molecular weight is 623 g/mol. The number of rotatable bonds is 12. The molecule has 14 heteroatoms. The first-order valence-electron chi connectivity index (χ1n) is 14.1. The van der Waals surface area contributed by atoms with E-state index in [0.29, 0.717) is 36.0 Å². The predicted octanol–water partition coefficient (Wildman–Crippen LogP) is 4.85. The zero-order valence-corrected chi connectivity index (χ0v) is 24.5. The predicted molar refractivity (Wildman–Crippen MR) is 165 cm³/mol. The summed E-state index contributed by atoms with van der Waals surface area (Å²) < 4.78 is 36.9. The third-order valence-electron chi connectivity index (χ3n) is 6.77. The van der Waals surface area contributed by atoms with Crippen LogP contribution in [0.2, 0.25) is 0 Å². The lowest BCUT2D eigenvalue weighted by atomic mass is 10.1. The quantitative estimate of drug-likeness (QED) is 0.142. The van der Waals surface area contributed by atoms with E-state index in [1.165, 1.54) is 35.2 Å². The van der Waals surface area contributed by atoms with Crippen LogP contribution >= 0.6 is 0 Å². The van der Waals surface area contributed by atoms with Crippen molar-refractivity contribution in [3.05, 3.63) is 113 Å². The summed E-state index contributed by atoms with van der Waals surface area (Å²) >= 11 is 0. The van der Waals surface area contributed by atoms with Gasteiger partial charge < -0.3 is 19.9 Å². The Kier molecular flexibility index (Phi) is 8.76. The van der Waals surface area contributed by atoms with Crippen LogP contribution in [0.3, 0.4) is 0 Å². The topological polar surface area (TPSA) is 165 Å². The highest BCUT2D eigenvalue weighted by Crippen LogP contribution is 2.30. The molecule has 0 bridgehead atoms. The summed E-state index contributed by atoms with van der Waals surface area (Å²) in [6.07, 6.45) is 1.45. The standard InChI is InChI=1S/C32H27FN8O5/c1-2-43-28-16-20(10-15-27(28)45-18-22-8-5-7-21-6-3-4-9-25(21)22)17-35-37-32(42)29-26(19-44-24-13-11-23(33)12-14-24)41(40-36-29)31-30(34)38-46-39-31/h3-17H,2,18-19H2,1H3,(H2,34,38)(H,37,42)/b35-17+. The summed E-state index contributed by atoms with van der Waals surface area (Å²) in [6, 6.07) is 24.9. The van der Waals surface area contributed by atoms with Gasteiger partial charge in [-0.1, -0.05) is 47.7 Å². The van der Waals surface area contributed by atoms with Gasteiger partial charge in [-0.2, -0.15) is 9.78 Å². The fraction of sp³-hybridized carbons (Fsp3) is 0.125. The summed E-state index contributed by atoms with van der Waals surface area (Å²) in [5.74, 6) is 0.274. The Morgan fingerprint density at radius 1 is 0.978 bits per heavy atom. The maximum absolute atomic E-state index is 13.3. The molecule has 0 saturated heterocycles. The number of carbonyl (C=O) groups is 1. The molecule has 2 heterocycles. The van der Waals surface area contributed by atoms with E-state index in [9.17, 15) is 9.18 Å². The van der Waals surface area contributed by atoms with Crippen LogP contribution in [-0.4, -0.2) is 44.0 Å². The number of hydrogen-bond donors (Lipinski definition) is 2. The van der Waals surface area contributed by atoms with Gasteiger partial charge in [0.05, 0.1) is 12.8 Å². The van der Waals surface area contributed by atoms with E-state index in [1.54, 1.807) is 18.2 Å². The van der Waals surface area contributed by atoms with E-state index in [-0.39, 0.29) is 29.6 Å². The van der Waals surface area contributed by atoms with Crippen LogP contribution in [-0.2, 0) is 13.2 Å². The molecule has 46 heavy (non-hydrogen) atoms. The van der Waals surface area contributed by atoms with Crippen molar-refractivity contribution < 1.29 is 28.0 Å². The van der Waals surface area contributed by atoms with Crippen molar-refractivity contribution in [2.75, 3.05) is 12.3 Å². The lowest BCUT2D eigenvalue weighted by molar-refractivity contribution is 0.0947. The molecular weight excluding hydrogens is 595 g/mol. The molecule has 0 unspecified atom stereocenters. The van der Waals surface area contributed by atoms with Crippen molar-refractivity contribution >= 4 is 28.7 Å². The Hall–Kier alpha value is -6.31. The van der Waals surface area contributed by atoms with Crippen LogP contribution in [0.4, 0.5) is 10.2 Å². The molecule has 232 valence electrons. The number of hydrazone groups is 1. The van der Waals surface area contributed by atoms with E-state index in [4.69, 9.17) is 19.9 Å². The minimum absolute atomic E-state index is 0.0129. The largest absolute Gasteiger partial charge is 0.490 e. The molecule has 0 fully saturated rings. The second-order valence-electron chi connectivity index (χ2n) is 9.78. The van der Waals surface area contributed by atoms with Crippen LogP contribution in [0.25, 0.3) is 16.6 Å². The molecule has 6 aromatic rings. The molecule has 2 aromatic heterocycles. The van der Waals surface area contributed by atoms with Crippen molar-refractivity contribution in [2.45, 2.75) is 20.1 Å². The molecule has 0 saturated carbocycles. The fourth-order valence-electron chi connectivity index (χ4n) is 4.58. The highest BCUT2D eigenvalue weighted by molar-refractivity contribution is 5.94. The minimum Gasteiger partial charge on any atom is -0.490 e. The first-order chi connectivity index (χ1) is 22.5. The number of nitrogens with one attached hydrogen (secondary N) is 1. The molecule has 13 nitrogen and oxygen atoms in total. The number of nitrogen functional groups attached to an aromatic ring is 1. The lowest BCUT2D eigenvalue weighted by Crippen LogP contribution is -2.21. The maximum atomic E-state index is 13.3. The number of benzene rings is 4. The Morgan fingerprint density at radius 3 is 2.61 bits per heavy atom. The summed E-state index contributed by atoms with van der Waals surface area (Å²) in [6.45, 7) is 2.46. The highest BCUT2D eigenvalue weighted by atomic mass is 19.1. The second kappa shape index (κ2) is 13.5. The monoisotopic (exact) mass is 622 g/mol. The Bertz CT molecular complexity index is 2000.